The Morgan fingerprint density at radius 3 is 3.12 bits per heavy atom. The van der Waals surface area contributed by atoms with Gasteiger partial charge in [-0.05, 0) is 26.5 Å². The van der Waals surface area contributed by atoms with Crippen molar-refractivity contribution in [3.05, 3.63) is 23.2 Å². The molecule has 1 saturated heterocycles. The Kier molecular flexibility index (Phi) is 3.98. The maximum atomic E-state index is 5.70. The number of hydrogen-bond acceptors (Lipinski definition) is 4. The molecule has 2 rings (SSSR count). The molecule has 0 spiro atoms. The first-order chi connectivity index (χ1) is 7.79. The van der Waals surface area contributed by atoms with E-state index in [2.05, 4.69) is 11.4 Å². The average Bonchev–Trinajstić information content (AvgIpc) is 2.87. The maximum Gasteiger partial charge on any atom is 0.130 e. The molecule has 0 saturated carbocycles. The topological polar surface area (TPSA) is 43.6 Å². The molecule has 0 amide bonds. The highest BCUT2D eigenvalue weighted by atomic mass is 16.5. The van der Waals surface area contributed by atoms with Crippen molar-refractivity contribution in [1.29, 1.82) is 0 Å². The summed E-state index contributed by atoms with van der Waals surface area (Å²) in [6, 6.07) is 2.06. The van der Waals surface area contributed by atoms with Crippen LogP contribution < -0.4 is 5.32 Å². The molecular weight excluding hydrogens is 206 g/mol. The third-order valence-corrected chi connectivity index (χ3v) is 2.79. The Morgan fingerprint density at radius 2 is 2.44 bits per heavy atom. The van der Waals surface area contributed by atoms with E-state index in [0.717, 1.165) is 31.1 Å². The summed E-state index contributed by atoms with van der Waals surface area (Å²) in [6.07, 6.45) is 1.22. The summed E-state index contributed by atoms with van der Waals surface area (Å²) >= 11 is 0. The second-order valence-electron chi connectivity index (χ2n) is 4.12. The Hall–Kier alpha value is -0.840. The molecule has 1 fully saturated rings. The van der Waals surface area contributed by atoms with Crippen LogP contribution in [0.1, 0.15) is 23.5 Å². The van der Waals surface area contributed by atoms with Crippen molar-refractivity contribution in [3.63, 3.8) is 0 Å². The van der Waals surface area contributed by atoms with Crippen molar-refractivity contribution in [2.24, 2.45) is 0 Å². The third-order valence-electron chi connectivity index (χ3n) is 2.79. The van der Waals surface area contributed by atoms with Crippen molar-refractivity contribution in [3.8, 4) is 0 Å². The zero-order chi connectivity index (χ0) is 11.4. The summed E-state index contributed by atoms with van der Waals surface area (Å²) < 4.78 is 16.6. The van der Waals surface area contributed by atoms with Gasteiger partial charge in [0, 0.05) is 18.7 Å². The summed E-state index contributed by atoms with van der Waals surface area (Å²) in [5, 5.41) is 3.11. The van der Waals surface area contributed by atoms with Crippen molar-refractivity contribution in [2.75, 3.05) is 20.3 Å². The molecule has 4 nitrogen and oxygen atoms in total. The highest BCUT2D eigenvalue weighted by molar-refractivity contribution is 5.20. The number of ether oxygens (including phenoxy) is 2. The monoisotopic (exact) mass is 225 g/mol. The lowest BCUT2D eigenvalue weighted by Crippen LogP contribution is -2.11. The van der Waals surface area contributed by atoms with E-state index in [0.29, 0.717) is 13.2 Å². The quantitative estimate of drug-likeness (QED) is 0.827. The molecule has 1 unspecified atom stereocenters. The fraction of sp³-hybridized carbons (Fsp3) is 0.667. The fourth-order valence-corrected chi connectivity index (χ4v) is 1.87. The predicted molar refractivity (Wildman–Crippen MR) is 60.2 cm³/mol. The standard InChI is InChI=1S/C12H19NO3/c1-9-10(6-13-2)5-12(16-9)8-15-11-3-4-14-7-11/h5,11,13H,3-4,6-8H2,1-2H3. The summed E-state index contributed by atoms with van der Waals surface area (Å²) in [7, 11) is 1.93. The van der Waals surface area contributed by atoms with E-state index in [1.165, 1.54) is 5.56 Å². The Labute approximate surface area is 95.9 Å². The molecule has 1 aromatic rings. The van der Waals surface area contributed by atoms with E-state index in [1.54, 1.807) is 0 Å². The first-order valence-electron chi connectivity index (χ1n) is 5.71. The Bertz CT molecular complexity index is 329. The molecule has 1 aliphatic heterocycles. The molecule has 2 heterocycles. The second-order valence-corrected chi connectivity index (χ2v) is 4.12. The molecule has 4 heteroatoms. The van der Waals surface area contributed by atoms with Crippen LogP contribution in [0.2, 0.25) is 0 Å². The first kappa shape index (κ1) is 11.6. The number of nitrogens with one attached hydrogen (secondary N) is 1. The summed E-state index contributed by atoms with van der Waals surface area (Å²) in [5.41, 5.74) is 1.20. The molecule has 0 radical (unpaired) electrons. The first-order valence-corrected chi connectivity index (χ1v) is 5.71. The van der Waals surface area contributed by atoms with Gasteiger partial charge in [0.15, 0.2) is 0 Å². The number of furan rings is 1. The zero-order valence-corrected chi connectivity index (χ0v) is 9.91. The smallest absolute Gasteiger partial charge is 0.130 e. The Morgan fingerprint density at radius 1 is 1.56 bits per heavy atom. The van der Waals surface area contributed by atoms with Crippen LogP contribution in [0.15, 0.2) is 10.5 Å². The minimum absolute atomic E-state index is 0.234. The molecule has 1 aromatic heterocycles. The molecule has 0 aliphatic carbocycles. The van der Waals surface area contributed by atoms with Gasteiger partial charge >= 0.3 is 0 Å². The number of aryl methyl sites for hydroxylation is 1. The van der Waals surface area contributed by atoms with Crippen molar-refractivity contribution < 1.29 is 13.9 Å². The molecule has 90 valence electrons. The lowest BCUT2D eigenvalue weighted by Gasteiger charge is -2.07. The van der Waals surface area contributed by atoms with Gasteiger partial charge in [-0.2, -0.15) is 0 Å². The van der Waals surface area contributed by atoms with E-state index < -0.39 is 0 Å². The molecule has 1 aliphatic rings. The molecule has 16 heavy (non-hydrogen) atoms. The fourth-order valence-electron chi connectivity index (χ4n) is 1.87. The largest absolute Gasteiger partial charge is 0.464 e. The zero-order valence-electron chi connectivity index (χ0n) is 9.91. The molecule has 0 aromatic carbocycles. The van der Waals surface area contributed by atoms with Crippen molar-refractivity contribution >= 4 is 0 Å². The normalized spacial score (nSPS) is 20.5. The van der Waals surface area contributed by atoms with Crippen molar-refractivity contribution in [1.82, 2.24) is 5.32 Å². The van der Waals surface area contributed by atoms with Crippen LogP contribution in [-0.4, -0.2) is 26.4 Å². The van der Waals surface area contributed by atoms with Crippen LogP contribution in [-0.2, 0) is 22.6 Å². The molecule has 1 atom stereocenters. The van der Waals surface area contributed by atoms with Crippen LogP contribution in [0.4, 0.5) is 0 Å². The molecule has 1 N–H and O–H groups in total. The molecule has 0 bridgehead atoms. The van der Waals surface area contributed by atoms with Gasteiger partial charge in [-0.1, -0.05) is 0 Å². The molecular formula is C12H19NO3. The van der Waals surface area contributed by atoms with Crippen LogP contribution in [0.25, 0.3) is 0 Å². The van der Waals surface area contributed by atoms with E-state index >= 15 is 0 Å². The highest BCUT2D eigenvalue weighted by Crippen LogP contribution is 2.17. The van der Waals surface area contributed by atoms with E-state index in [1.807, 2.05) is 14.0 Å². The van der Waals surface area contributed by atoms with Gasteiger partial charge in [0.05, 0.1) is 12.7 Å². The van der Waals surface area contributed by atoms with E-state index in [4.69, 9.17) is 13.9 Å². The van der Waals surface area contributed by atoms with Crippen LogP contribution in [0.5, 0.6) is 0 Å². The van der Waals surface area contributed by atoms with Crippen LogP contribution >= 0.6 is 0 Å². The summed E-state index contributed by atoms with van der Waals surface area (Å²) in [6.45, 7) is 4.88. The van der Waals surface area contributed by atoms with Crippen LogP contribution in [0, 0.1) is 6.92 Å². The minimum Gasteiger partial charge on any atom is -0.464 e. The SMILES string of the molecule is CNCc1cc(COC2CCOC2)oc1C. The van der Waals surface area contributed by atoms with Gasteiger partial charge in [-0.3, -0.25) is 0 Å². The van der Waals surface area contributed by atoms with E-state index in [9.17, 15) is 0 Å². The third kappa shape index (κ3) is 2.84. The minimum atomic E-state index is 0.234. The average molecular weight is 225 g/mol. The number of hydrogen-bond donors (Lipinski definition) is 1. The number of rotatable bonds is 5. The van der Waals surface area contributed by atoms with Gasteiger partial charge in [0.2, 0.25) is 0 Å². The van der Waals surface area contributed by atoms with Gasteiger partial charge in [0.1, 0.15) is 18.1 Å². The highest BCUT2D eigenvalue weighted by Gasteiger charge is 2.17. The van der Waals surface area contributed by atoms with Gasteiger partial charge < -0.3 is 19.2 Å². The van der Waals surface area contributed by atoms with E-state index in [-0.39, 0.29) is 6.10 Å². The van der Waals surface area contributed by atoms with Gasteiger partial charge in [-0.15, -0.1) is 0 Å². The van der Waals surface area contributed by atoms with Gasteiger partial charge in [-0.25, -0.2) is 0 Å². The summed E-state index contributed by atoms with van der Waals surface area (Å²) in [5.74, 6) is 1.87. The van der Waals surface area contributed by atoms with Crippen LogP contribution in [0.3, 0.4) is 0 Å². The lowest BCUT2D eigenvalue weighted by atomic mass is 10.2. The maximum absolute atomic E-state index is 5.70. The lowest BCUT2D eigenvalue weighted by molar-refractivity contribution is 0.0232. The van der Waals surface area contributed by atoms with Gasteiger partial charge in [0.25, 0.3) is 0 Å². The summed E-state index contributed by atoms with van der Waals surface area (Å²) in [4.78, 5) is 0. The predicted octanol–water partition coefficient (Wildman–Crippen LogP) is 1.61. The Balaban J connectivity index is 1.86. The van der Waals surface area contributed by atoms with Crippen molar-refractivity contribution in [2.45, 2.75) is 32.6 Å². The second kappa shape index (κ2) is 5.48.